The minimum Gasteiger partial charge on any atom is -0.484 e. The minimum atomic E-state index is -0.339. The fraction of sp³-hybridized carbons (Fsp3) is 0.0909. The van der Waals surface area contributed by atoms with Gasteiger partial charge in [-0.05, 0) is 55.0 Å². The number of amides is 2. The van der Waals surface area contributed by atoms with Crippen LogP contribution in [-0.4, -0.2) is 18.4 Å². The molecule has 0 saturated heterocycles. The highest BCUT2D eigenvalue weighted by Gasteiger charge is 2.11. The summed E-state index contributed by atoms with van der Waals surface area (Å²) in [7, 11) is 0. The maximum Gasteiger partial charge on any atom is 0.262 e. The summed E-state index contributed by atoms with van der Waals surface area (Å²) in [4.78, 5) is 24.6. The molecular weight excluding hydrogens is 376 g/mol. The predicted octanol–water partition coefficient (Wildman–Crippen LogP) is 4.92. The number of benzene rings is 3. The van der Waals surface area contributed by atoms with Gasteiger partial charge in [-0.1, -0.05) is 41.9 Å². The number of aryl methyl sites for hydroxylation is 1. The Labute approximate surface area is 168 Å². The number of para-hydroxylation sites is 2. The Bertz CT molecular complexity index is 990. The lowest BCUT2D eigenvalue weighted by Gasteiger charge is -2.13. The van der Waals surface area contributed by atoms with Crippen molar-refractivity contribution in [2.24, 2.45) is 0 Å². The van der Waals surface area contributed by atoms with Crippen LogP contribution < -0.4 is 15.4 Å². The molecular formula is C22H19ClN2O3. The van der Waals surface area contributed by atoms with Gasteiger partial charge in [-0.15, -0.1) is 0 Å². The van der Waals surface area contributed by atoms with E-state index in [1.807, 2.05) is 13.0 Å². The molecule has 2 amide bonds. The van der Waals surface area contributed by atoms with Crippen LogP contribution in [0.1, 0.15) is 15.9 Å². The van der Waals surface area contributed by atoms with Crippen LogP contribution in [0.3, 0.4) is 0 Å². The number of ether oxygens (including phenoxy) is 1. The van der Waals surface area contributed by atoms with Gasteiger partial charge in [0.15, 0.2) is 6.61 Å². The summed E-state index contributed by atoms with van der Waals surface area (Å²) in [5.74, 6) is -0.0353. The third-order valence-electron chi connectivity index (χ3n) is 3.98. The van der Waals surface area contributed by atoms with Crippen LogP contribution in [0.25, 0.3) is 0 Å². The summed E-state index contributed by atoms with van der Waals surface area (Å²) in [5.41, 5.74) is 2.40. The number of carbonyl (C=O) groups is 2. The second-order valence-electron chi connectivity index (χ2n) is 6.11. The van der Waals surface area contributed by atoms with E-state index in [1.54, 1.807) is 66.7 Å². The molecule has 0 unspecified atom stereocenters. The number of hydrogen-bond acceptors (Lipinski definition) is 3. The molecule has 0 aliphatic heterocycles. The van der Waals surface area contributed by atoms with Gasteiger partial charge in [0, 0.05) is 10.6 Å². The highest BCUT2D eigenvalue weighted by atomic mass is 35.5. The Morgan fingerprint density at radius 3 is 2.21 bits per heavy atom. The standard InChI is InChI=1S/C22H19ClN2O3/c1-15-13-17(11-12-18(15)23)28-14-21(26)24-19-9-5-6-10-20(19)25-22(27)16-7-3-2-4-8-16/h2-13H,14H2,1H3,(H,24,26)(H,25,27). The van der Waals surface area contributed by atoms with Crippen molar-refractivity contribution in [3.8, 4) is 5.75 Å². The lowest BCUT2D eigenvalue weighted by Crippen LogP contribution is -2.21. The second kappa shape index (κ2) is 9.06. The SMILES string of the molecule is Cc1cc(OCC(=O)Nc2ccccc2NC(=O)c2ccccc2)ccc1Cl. The lowest BCUT2D eigenvalue weighted by atomic mass is 10.2. The van der Waals surface area contributed by atoms with Crippen LogP contribution in [0.4, 0.5) is 11.4 Å². The highest BCUT2D eigenvalue weighted by molar-refractivity contribution is 6.31. The molecule has 0 spiro atoms. The first-order chi connectivity index (χ1) is 13.5. The zero-order valence-electron chi connectivity index (χ0n) is 15.2. The third-order valence-corrected chi connectivity index (χ3v) is 4.41. The maximum absolute atomic E-state index is 12.4. The molecule has 3 aromatic rings. The highest BCUT2D eigenvalue weighted by Crippen LogP contribution is 2.23. The van der Waals surface area contributed by atoms with E-state index in [0.29, 0.717) is 27.7 Å². The van der Waals surface area contributed by atoms with Crippen molar-refractivity contribution in [2.45, 2.75) is 6.92 Å². The molecule has 3 aromatic carbocycles. The Balaban J connectivity index is 1.63. The largest absolute Gasteiger partial charge is 0.484 e. The second-order valence-corrected chi connectivity index (χ2v) is 6.52. The van der Waals surface area contributed by atoms with Crippen molar-refractivity contribution in [2.75, 3.05) is 17.2 Å². The molecule has 0 radical (unpaired) electrons. The fourth-order valence-corrected chi connectivity index (χ4v) is 2.64. The summed E-state index contributed by atoms with van der Waals surface area (Å²) in [5, 5.41) is 6.21. The molecule has 0 bridgehead atoms. The molecule has 0 aromatic heterocycles. The summed E-state index contributed by atoms with van der Waals surface area (Å²) >= 11 is 5.98. The van der Waals surface area contributed by atoms with Crippen molar-refractivity contribution in [1.29, 1.82) is 0 Å². The molecule has 0 fully saturated rings. The summed E-state index contributed by atoms with van der Waals surface area (Å²) in [6.07, 6.45) is 0. The summed E-state index contributed by atoms with van der Waals surface area (Å²) in [6, 6.07) is 21.0. The predicted molar refractivity (Wildman–Crippen MR) is 111 cm³/mol. The first-order valence-corrected chi connectivity index (χ1v) is 9.05. The monoisotopic (exact) mass is 394 g/mol. The van der Waals surface area contributed by atoms with Gasteiger partial charge in [-0.3, -0.25) is 9.59 Å². The van der Waals surface area contributed by atoms with Crippen molar-refractivity contribution in [3.63, 3.8) is 0 Å². The van der Waals surface area contributed by atoms with E-state index in [0.717, 1.165) is 5.56 Å². The molecule has 142 valence electrons. The van der Waals surface area contributed by atoms with Crippen LogP contribution in [0.5, 0.6) is 5.75 Å². The smallest absolute Gasteiger partial charge is 0.262 e. The zero-order chi connectivity index (χ0) is 19.9. The van der Waals surface area contributed by atoms with Crippen LogP contribution in [-0.2, 0) is 4.79 Å². The van der Waals surface area contributed by atoms with Gasteiger partial charge in [-0.2, -0.15) is 0 Å². The first kappa shape index (κ1) is 19.5. The van der Waals surface area contributed by atoms with Crippen molar-refractivity contribution < 1.29 is 14.3 Å². The third kappa shape index (κ3) is 5.11. The molecule has 0 aliphatic carbocycles. The molecule has 0 heterocycles. The Kier molecular flexibility index (Phi) is 6.29. The molecule has 0 atom stereocenters. The minimum absolute atomic E-state index is 0.165. The van der Waals surface area contributed by atoms with E-state index in [4.69, 9.17) is 16.3 Å². The van der Waals surface area contributed by atoms with E-state index in [9.17, 15) is 9.59 Å². The topological polar surface area (TPSA) is 67.4 Å². The summed E-state index contributed by atoms with van der Waals surface area (Å²) in [6.45, 7) is 1.70. The van der Waals surface area contributed by atoms with Gasteiger partial charge in [0.2, 0.25) is 0 Å². The number of nitrogens with one attached hydrogen (secondary N) is 2. The van der Waals surface area contributed by atoms with Gasteiger partial charge in [-0.25, -0.2) is 0 Å². The number of anilines is 2. The van der Waals surface area contributed by atoms with E-state index in [-0.39, 0.29) is 18.4 Å². The number of rotatable bonds is 6. The van der Waals surface area contributed by atoms with Crippen molar-refractivity contribution in [3.05, 3.63) is 88.9 Å². The Hall–Kier alpha value is -3.31. The Morgan fingerprint density at radius 2 is 1.54 bits per heavy atom. The van der Waals surface area contributed by atoms with Gasteiger partial charge in [0.25, 0.3) is 11.8 Å². The molecule has 2 N–H and O–H groups in total. The van der Waals surface area contributed by atoms with E-state index >= 15 is 0 Å². The molecule has 0 aliphatic rings. The van der Waals surface area contributed by atoms with E-state index < -0.39 is 0 Å². The van der Waals surface area contributed by atoms with Crippen LogP contribution in [0, 0.1) is 6.92 Å². The average molecular weight is 395 g/mol. The fourth-order valence-electron chi connectivity index (χ4n) is 2.53. The maximum atomic E-state index is 12.4. The number of hydrogen-bond donors (Lipinski definition) is 2. The molecule has 3 rings (SSSR count). The molecule has 6 heteroatoms. The van der Waals surface area contributed by atoms with Gasteiger partial charge >= 0.3 is 0 Å². The average Bonchev–Trinajstić information content (AvgIpc) is 2.71. The lowest BCUT2D eigenvalue weighted by molar-refractivity contribution is -0.118. The van der Waals surface area contributed by atoms with Crippen LogP contribution in [0.15, 0.2) is 72.8 Å². The van der Waals surface area contributed by atoms with Gasteiger partial charge in [0.1, 0.15) is 5.75 Å². The van der Waals surface area contributed by atoms with Crippen LogP contribution >= 0.6 is 11.6 Å². The first-order valence-electron chi connectivity index (χ1n) is 8.67. The van der Waals surface area contributed by atoms with E-state index in [1.165, 1.54) is 0 Å². The quantitative estimate of drug-likeness (QED) is 0.623. The van der Waals surface area contributed by atoms with Gasteiger partial charge < -0.3 is 15.4 Å². The zero-order valence-corrected chi connectivity index (χ0v) is 16.0. The molecule has 0 saturated carbocycles. The normalized spacial score (nSPS) is 10.2. The number of carbonyl (C=O) groups excluding carboxylic acids is 2. The Morgan fingerprint density at radius 1 is 0.893 bits per heavy atom. The van der Waals surface area contributed by atoms with Crippen LogP contribution in [0.2, 0.25) is 5.02 Å². The number of halogens is 1. The van der Waals surface area contributed by atoms with Gasteiger partial charge in [0.05, 0.1) is 11.4 Å². The summed E-state index contributed by atoms with van der Waals surface area (Å²) < 4.78 is 5.51. The van der Waals surface area contributed by atoms with Crippen molar-refractivity contribution in [1.82, 2.24) is 0 Å². The molecule has 28 heavy (non-hydrogen) atoms. The van der Waals surface area contributed by atoms with E-state index in [2.05, 4.69) is 10.6 Å². The van der Waals surface area contributed by atoms with Crippen molar-refractivity contribution >= 4 is 34.8 Å². The molecule has 5 nitrogen and oxygen atoms in total.